The van der Waals surface area contributed by atoms with E-state index in [2.05, 4.69) is 25.9 Å². The summed E-state index contributed by atoms with van der Waals surface area (Å²) in [6.45, 7) is 1.54. The monoisotopic (exact) mass is 348 g/mol. The molecule has 2 rings (SSSR count). The smallest absolute Gasteiger partial charge is 0.265 e. The molecule has 0 aliphatic heterocycles. The predicted octanol–water partition coefficient (Wildman–Crippen LogP) is 2.30. The summed E-state index contributed by atoms with van der Waals surface area (Å²) in [6.07, 6.45) is 5.41. The van der Waals surface area contributed by atoms with Crippen molar-refractivity contribution in [2.24, 2.45) is 0 Å². The maximum Gasteiger partial charge on any atom is 0.265 e. The quantitative estimate of drug-likeness (QED) is 0.908. The number of rotatable bonds is 3. The van der Waals surface area contributed by atoms with Crippen LogP contribution in [0.15, 0.2) is 9.27 Å². The van der Waals surface area contributed by atoms with Gasteiger partial charge in [-0.15, -0.1) is 0 Å². The van der Waals surface area contributed by atoms with E-state index in [0.29, 0.717) is 10.2 Å². The van der Waals surface area contributed by atoms with Gasteiger partial charge in [0.1, 0.15) is 15.5 Å². The summed E-state index contributed by atoms with van der Waals surface area (Å²) in [7, 11) is -3.27. The molecule has 1 fully saturated rings. The van der Waals surface area contributed by atoms with E-state index >= 15 is 0 Å². The number of sulfone groups is 1. The highest BCUT2D eigenvalue weighted by atomic mass is 79.9. The van der Waals surface area contributed by atoms with Gasteiger partial charge in [-0.25, -0.2) is 13.4 Å². The molecule has 5 nitrogen and oxygen atoms in total. The highest BCUT2D eigenvalue weighted by Gasteiger charge is 2.26. The van der Waals surface area contributed by atoms with Crippen LogP contribution in [0.5, 0.6) is 0 Å². The minimum Gasteiger partial charge on any atom is -0.308 e. The fourth-order valence-electron chi connectivity index (χ4n) is 2.36. The molecule has 0 aromatic carbocycles. The first-order valence-electron chi connectivity index (χ1n) is 6.29. The fourth-order valence-corrected chi connectivity index (χ4v) is 3.39. The first-order chi connectivity index (χ1) is 8.80. The Kier molecular flexibility index (Phi) is 4.15. The Morgan fingerprint density at radius 1 is 1.37 bits per heavy atom. The van der Waals surface area contributed by atoms with Gasteiger partial charge in [-0.2, -0.15) is 0 Å². The van der Waals surface area contributed by atoms with Gasteiger partial charge in [-0.05, 0) is 35.7 Å². The molecular weight excluding hydrogens is 332 g/mol. The van der Waals surface area contributed by atoms with Crippen LogP contribution in [0.4, 0.5) is 0 Å². The molecule has 1 N–H and O–H groups in total. The lowest BCUT2D eigenvalue weighted by molar-refractivity contribution is 0.587. The SMILES string of the molecule is CC(c1nc(C2CCCC2)c(Br)c(=O)[nH]1)S(C)(=O)=O. The molecule has 1 aliphatic rings. The fraction of sp³-hybridized carbons (Fsp3) is 0.667. The summed E-state index contributed by atoms with van der Waals surface area (Å²) in [5.74, 6) is 0.486. The first kappa shape index (κ1) is 14.7. The molecule has 1 aliphatic carbocycles. The molecule has 0 amide bonds. The molecule has 106 valence electrons. The van der Waals surface area contributed by atoms with Crippen LogP contribution in [-0.4, -0.2) is 24.6 Å². The Hall–Kier alpha value is -0.690. The number of nitrogens with zero attached hydrogens (tertiary/aromatic N) is 1. The van der Waals surface area contributed by atoms with Gasteiger partial charge in [0.05, 0.1) is 5.69 Å². The van der Waals surface area contributed by atoms with Gasteiger partial charge in [-0.3, -0.25) is 4.79 Å². The minimum atomic E-state index is -3.27. The molecule has 1 unspecified atom stereocenters. The second-order valence-corrected chi connectivity index (χ2v) is 8.26. The lowest BCUT2D eigenvalue weighted by Crippen LogP contribution is -2.21. The number of aromatic amines is 1. The molecule has 1 aromatic rings. The lowest BCUT2D eigenvalue weighted by atomic mass is 10.0. The highest BCUT2D eigenvalue weighted by molar-refractivity contribution is 9.10. The molecular formula is C12H17BrN2O3S. The lowest BCUT2D eigenvalue weighted by Gasteiger charge is -2.14. The molecule has 0 bridgehead atoms. The maximum atomic E-state index is 11.9. The Morgan fingerprint density at radius 3 is 2.47 bits per heavy atom. The summed E-state index contributed by atoms with van der Waals surface area (Å²) in [4.78, 5) is 18.9. The number of H-pyrrole nitrogens is 1. The largest absolute Gasteiger partial charge is 0.308 e. The molecule has 1 aromatic heterocycles. The van der Waals surface area contributed by atoms with E-state index in [-0.39, 0.29) is 17.3 Å². The van der Waals surface area contributed by atoms with E-state index in [1.165, 1.54) is 0 Å². The van der Waals surface area contributed by atoms with Crippen LogP contribution in [-0.2, 0) is 9.84 Å². The first-order valence-corrected chi connectivity index (χ1v) is 9.04. The molecule has 1 heterocycles. The van der Waals surface area contributed by atoms with Crippen molar-refractivity contribution in [3.8, 4) is 0 Å². The van der Waals surface area contributed by atoms with Crippen LogP contribution in [0.3, 0.4) is 0 Å². The molecule has 0 radical (unpaired) electrons. The maximum absolute atomic E-state index is 11.9. The van der Waals surface area contributed by atoms with Crippen LogP contribution in [0, 0.1) is 0 Å². The summed E-state index contributed by atoms with van der Waals surface area (Å²) in [5, 5.41) is -0.798. The van der Waals surface area contributed by atoms with E-state index in [4.69, 9.17) is 0 Å². The topological polar surface area (TPSA) is 79.9 Å². The van der Waals surface area contributed by atoms with E-state index < -0.39 is 15.1 Å². The number of hydrogen-bond acceptors (Lipinski definition) is 4. The van der Waals surface area contributed by atoms with Crippen molar-refractivity contribution >= 4 is 25.8 Å². The van der Waals surface area contributed by atoms with Crippen molar-refractivity contribution in [2.75, 3.05) is 6.26 Å². The van der Waals surface area contributed by atoms with Crippen LogP contribution in [0.2, 0.25) is 0 Å². The Bertz CT molecular complexity index is 633. The van der Waals surface area contributed by atoms with Gasteiger partial charge < -0.3 is 4.98 Å². The normalized spacial score (nSPS) is 18.7. The van der Waals surface area contributed by atoms with Gasteiger partial charge in [0, 0.05) is 12.2 Å². The Morgan fingerprint density at radius 2 is 1.95 bits per heavy atom. The Labute approximate surface area is 120 Å². The van der Waals surface area contributed by atoms with E-state index in [1.54, 1.807) is 6.92 Å². The molecule has 0 spiro atoms. The highest BCUT2D eigenvalue weighted by Crippen LogP contribution is 2.35. The molecule has 7 heteroatoms. The third kappa shape index (κ3) is 3.08. The number of halogens is 1. The van der Waals surface area contributed by atoms with Gasteiger partial charge >= 0.3 is 0 Å². The average Bonchev–Trinajstić information content (AvgIpc) is 2.83. The molecule has 1 saturated carbocycles. The summed E-state index contributed by atoms with van der Waals surface area (Å²) < 4.78 is 23.6. The predicted molar refractivity (Wildman–Crippen MR) is 77.0 cm³/mol. The summed E-state index contributed by atoms with van der Waals surface area (Å²) in [5.41, 5.74) is 0.397. The van der Waals surface area contributed by atoms with Crippen molar-refractivity contribution in [1.82, 2.24) is 9.97 Å². The van der Waals surface area contributed by atoms with Crippen LogP contribution >= 0.6 is 15.9 Å². The number of nitrogens with one attached hydrogen (secondary N) is 1. The van der Waals surface area contributed by atoms with E-state index in [9.17, 15) is 13.2 Å². The standard InChI is InChI=1S/C12H17BrN2O3S/c1-7(19(2,17)18)11-14-10(8-5-3-4-6-8)9(13)12(16)15-11/h7-8H,3-6H2,1-2H3,(H,14,15,16). The van der Waals surface area contributed by atoms with E-state index in [0.717, 1.165) is 31.9 Å². The van der Waals surface area contributed by atoms with Crippen molar-refractivity contribution in [2.45, 2.75) is 43.8 Å². The van der Waals surface area contributed by atoms with Crippen molar-refractivity contribution < 1.29 is 8.42 Å². The molecule has 1 atom stereocenters. The van der Waals surface area contributed by atoms with Gasteiger partial charge in [0.25, 0.3) is 5.56 Å². The van der Waals surface area contributed by atoms with Gasteiger partial charge in [0.15, 0.2) is 9.84 Å². The minimum absolute atomic E-state index is 0.234. The van der Waals surface area contributed by atoms with Gasteiger partial charge in [-0.1, -0.05) is 12.8 Å². The zero-order chi connectivity index (χ0) is 14.2. The number of aromatic nitrogens is 2. The summed E-state index contributed by atoms with van der Waals surface area (Å²) in [6, 6.07) is 0. The van der Waals surface area contributed by atoms with E-state index in [1.807, 2.05) is 0 Å². The van der Waals surface area contributed by atoms with Crippen LogP contribution in [0.1, 0.15) is 55.3 Å². The third-order valence-corrected chi connectivity index (χ3v) is 5.95. The van der Waals surface area contributed by atoms with Crippen molar-refractivity contribution in [1.29, 1.82) is 0 Å². The van der Waals surface area contributed by atoms with Gasteiger partial charge in [0.2, 0.25) is 0 Å². The second-order valence-electron chi connectivity index (χ2n) is 5.10. The Balaban J connectivity index is 2.50. The van der Waals surface area contributed by atoms with Crippen molar-refractivity contribution in [3.63, 3.8) is 0 Å². The third-order valence-electron chi connectivity index (χ3n) is 3.68. The van der Waals surface area contributed by atoms with Crippen molar-refractivity contribution in [3.05, 3.63) is 26.3 Å². The zero-order valence-corrected chi connectivity index (χ0v) is 13.3. The molecule has 0 saturated heterocycles. The zero-order valence-electron chi connectivity index (χ0n) is 10.9. The second kappa shape index (κ2) is 5.36. The van der Waals surface area contributed by atoms with Crippen LogP contribution in [0.25, 0.3) is 0 Å². The number of hydrogen-bond donors (Lipinski definition) is 1. The average molecular weight is 349 g/mol. The summed E-state index contributed by atoms with van der Waals surface area (Å²) >= 11 is 3.27. The van der Waals surface area contributed by atoms with Crippen LogP contribution < -0.4 is 5.56 Å². The molecule has 19 heavy (non-hydrogen) atoms.